The number of rotatable bonds is 3. The van der Waals surface area contributed by atoms with Crippen molar-refractivity contribution in [1.29, 1.82) is 0 Å². The number of carbonyl (C=O) groups is 2. The molecule has 0 unspecified atom stereocenters. The van der Waals surface area contributed by atoms with Gasteiger partial charge in [0, 0.05) is 34.1 Å². The SMILES string of the molecule is Cc1cccc(NC(=O)c2ccc3c(c2)CCCN3C(=O)c2cccc(Cl)c2)c1C. The van der Waals surface area contributed by atoms with Crippen molar-refractivity contribution < 1.29 is 9.59 Å². The normalized spacial score (nSPS) is 13.0. The molecule has 0 fully saturated rings. The largest absolute Gasteiger partial charge is 0.322 e. The highest BCUT2D eigenvalue weighted by Crippen LogP contribution is 2.30. The molecule has 3 aromatic carbocycles. The molecule has 1 N–H and O–H groups in total. The first-order chi connectivity index (χ1) is 14.4. The summed E-state index contributed by atoms with van der Waals surface area (Å²) in [6.07, 6.45) is 1.68. The van der Waals surface area contributed by atoms with E-state index in [9.17, 15) is 9.59 Å². The predicted molar refractivity (Wildman–Crippen MR) is 122 cm³/mol. The molecule has 5 heteroatoms. The van der Waals surface area contributed by atoms with Gasteiger partial charge in [-0.1, -0.05) is 29.8 Å². The maximum absolute atomic E-state index is 13.0. The Morgan fingerprint density at radius 1 is 0.967 bits per heavy atom. The standard InChI is InChI=1S/C25H23ClN2O2/c1-16-6-3-10-22(17(16)2)27-24(29)19-11-12-23-18(14-19)8-5-13-28(23)25(30)20-7-4-9-21(26)15-20/h3-4,6-7,9-12,14-15H,5,8,13H2,1-2H3,(H,27,29). The minimum absolute atomic E-state index is 0.0777. The van der Waals surface area contributed by atoms with Crippen molar-refractivity contribution in [3.05, 3.63) is 93.5 Å². The van der Waals surface area contributed by atoms with E-state index in [4.69, 9.17) is 11.6 Å². The van der Waals surface area contributed by atoms with Crippen LogP contribution in [0.4, 0.5) is 11.4 Å². The Bertz CT molecular complexity index is 1140. The molecule has 152 valence electrons. The van der Waals surface area contributed by atoms with Crippen molar-refractivity contribution in [2.45, 2.75) is 26.7 Å². The molecule has 1 aliphatic rings. The van der Waals surface area contributed by atoms with Crippen LogP contribution in [0.3, 0.4) is 0 Å². The van der Waals surface area contributed by atoms with Crippen LogP contribution in [-0.2, 0) is 6.42 Å². The van der Waals surface area contributed by atoms with Gasteiger partial charge in [0.05, 0.1) is 0 Å². The van der Waals surface area contributed by atoms with E-state index in [-0.39, 0.29) is 11.8 Å². The highest BCUT2D eigenvalue weighted by atomic mass is 35.5. The number of aryl methyl sites for hydroxylation is 2. The third-order valence-electron chi connectivity index (χ3n) is 5.63. The summed E-state index contributed by atoms with van der Waals surface area (Å²) >= 11 is 6.06. The molecule has 0 saturated carbocycles. The lowest BCUT2D eigenvalue weighted by Crippen LogP contribution is -2.35. The Kier molecular flexibility index (Phi) is 5.60. The van der Waals surface area contributed by atoms with E-state index in [1.165, 1.54) is 0 Å². The van der Waals surface area contributed by atoms with Crippen molar-refractivity contribution in [2.24, 2.45) is 0 Å². The van der Waals surface area contributed by atoms with Gasteiger partial charge in [0.25, 0.3) is 11.8 Å². The molecule has 0 atom stereocenters. The summed E-state index contributed by atoms with van der Waals surface area (Å²) in [7, 11) is 0. The molecular weight excluding hydrogens is 396 g/mol. The molecule has 30 heavy (non-hydrogen) atoms. The summed E-state index contributed by atoms with van der Waals surface area (Å²) in [5.41, 5.74) is 6.02. The molecule has 0 aliphatic carbocycles. The molecule has 2 amide bonds. The summed E-state index contributed by atoms with van der Waals surface area (Å²) in [5.74, 6) is -0.226. The molecule has 0 bridgehead atoms. The molecule has 0 radical (unpaired) electrons. The molecule has 1 aliphatic heterocycles. The van der Waals surface area contributed by atoms with Crippen LogP contribution in [0.1, 0.15) is 43.8 Å². The van der Waals surface area contributed by atoms with Gasteiger partial charge in [-0.15, -0.1) is 0 Å². The first-order valence-electron chi connectivity index (χ1n) is 10.0. The minimum Gasteiger partial charge on any atom is -0.322 e. The van der Waals surface area contributed by atoms with Crippen molar-refractivity contribution in [2.75, 3.05) is 16.8 Å². The van der Waals surface area contributed by atoms with E-state index in [2.05, 4.69) is 5.32 Å². The molecule has 0 saturated heterocycles. The minimum atomic E-state index is -0.148. The number of halogens is 1. The van der Waals surface area contributed by atoms with E-state index in [0.29, 0.717) is 22.7 Å². The summed E-state index contributed by atoms with van der Waals surface area (Å²) in [6, 6.07) is 18.4. The molecule has 4 nitrogen and oxygen atoms in total. The number of hydrogen-bond donors (Lipinski definition) is 1. The number of fused-ring (bicyclic) bond motifs is 1. The smallest absolute Gasteiger partial charge is 0.258 e. The van der Waals surface area contributed by atoms with Crippen molar-refractivity contribution in [3.8, 4) is 0 Å². The first-order valence-corrected chi connectivity index (χ1v) is 10.4. The van der Waals surface area contributed by atoms with Crippen molar-refractivity contribution in [1.82, 2.24) is 0 Å². The van der Waals surface area contributed by atoms with Crippen LogP contribution in [-0.4, -0.2) is 18.4 Å². The fourth-order valence-electron chi connectivity index (χ4n) is 3.81. The summed E-state index contributed by atoms with van der Waals surface area (Å²) in [5, 5.41) is 3.54. The number of nitrogens with one attached hydrogen (secondary N) is 1. The van der Waals surface area contributed by atoms with E-state index >= 15 is 0 Å². The highest BCUT2D eigenvalue weighted by molar-refractivity contribution is 6.31. The Morgan fingerprint density at radius 3 is 2.57 bits per heavy atom. The number of anilines is 2. The van der Waals surface area contributed by atoms with Gasteiger partial charge in [0.15, 0.2) is 0 Å². The Balaban J connectivity index is 1.59. The zero-order valence-corrected chi connectivity index (χ0v) is 17.8. The van der Waals surface area contributed by atoms with Gasteiger partial charge in [0.2, 0.25) is 0 Å². The number of benzene rings is 3. The fourth-order valence-corrected chi connectivity index (χ4v) is 4.00. The monoisotopic (exact) mass is 418 g/mol. The van der Waals surface area contributed by atoms with E-state index < -0.39 is 0 Å². The maximum atomic E-state index is 13.0. The number of nitrogens with zero attached hydrogens (tertiary/aromatic N) is 1. The lowest BCUT2D eigenvalue weighted by molar-refractivity contribution is 0.0984. The lowest BCUT2D eigenvalue weighted by Gasteiger charge is -2.30. The van der Waals surface area contributed by atoms with Gasteiger partial charge in [-0.25, -0.2) is 0 Å². The van der Waals surface area contributed by atoms with Crippen LogP contribution < -0.4 is 10.2 Å². The average Bonchev–Trinajstić information content (AvgIpc) is 2.75. The maximum Gasteiger partial charge on any atom is 0.258 e. The molecule has 0 spiro atoms. The molecule has 0 aromatic heterocycles. The van der Waals surface area contributed by atoms with Crippen LogP contribution >= 0.6 is 11.6 Å². The third-order valence-corrected chi connectivity index (χ3v) is 5.86. The Morgan fingerprint density at radius 2 is 1.77 bits per heavy atom. The number of carbonyl (C=O) groups excluding carboxylic acids is 2. The highest BCUT2D eigenvalue weighted by Gasteiger charge is 2.24. The third kappa shape index (κ3) is 3.96. The second-order valence-electron chi connectivity index (χ2n) is 7.62. The van der Waals surface area contributed by atoms with Crippen LogP contribution in [0.15, 0.2) is 60.7 Å². The van der Waals surface area contributed by atoms with Crippen LogP contribution in [0, 0.1) is 13.8 Å². The Hall–Kier alpha value is -3.11. The van der Waals surface area contributed by atoms with Crippen LogP contribution in [0.25, 0.3) is 0 Å². The van der Waals surface area contributed by atoms with Gasteiger partial charge < -0.3 is 10.2 Å². The first kappa shape index (κ1) is 20.2. The molecular formula is C25H23ClN2O2. The number of amides is 2. The van der Waals surface area contributed by atoms with Crippen molar-refractivity contribution in [3.63, 3.8) is 0 Å². The van der Waals surface area contributed by atoms with Crippen molar-refractivity contribution >= 4 is 34.8 Å². The summed E-state index contributed by atoms with van der Waals surface area (Å²) in [6.45, 7) is 4.67. The second kappa shape index (κ2) is 8.33. The molecule has 3 aromatic rings. The Labute approximate surface area is 181 Å². The van der Waals surface area contributed by atoms with Gasteiger partial charge in [-0.2, -0.15) is 0 Å². The number of hydrogen-bond acceptors (Lipinski definition) is 2. The van der Waals surface area contributed by atoms with E-state index in [1.807, 2.05) is 44.2 Å². The summed E-state index contributed by atoms with van der Waals surface area (Å²) < 4.78 is 0. The summed E-state index contributed by atoms with van der Waals surface area (Å²) in [4.78, 5) is 27.6. The van der Waals surface area contributed by atoms with Gasteiger partial charge >= 0.3 is 0 Å². The van der Waals surface area contributed by atoms with Gasteiger partial charge in [-0.05, 0) is 85.8 Å². The topological polar surface area (TPSA) is 49.4 Å². The average molecular weight is 419 g/mol. The van der Waals surface area contributed by atoms with Gasteiger partial charge in [0.1, 0.15) is 0 Å². The zero-order valence-electron chi connectivity index (χ0n) is 17.0. The predicted octanol–water partition coefficient (Wildman–Crippen LogP) is 5.80. The fraction of sp³-hybridized carbons (Fsp3) is 0.200. The second-order valence-corrected chi connectivity index (χ2v) is 8.05. The van der Waals surface area contributed by atoms with E-state index in [0.717, 1.165) is 40.9 Å². The van der Waals surface area contributed by atoms with Gasteiger partial charge in [-0.3, -0.25) is 9.59 Å². The molecule has 1 heterocycles. The zero-order chi connectivity index (χ0) is 21.3. The molecule has 4 rings (SSSR count). The quantitative estimate of drug-likeness (QED) is 0.584. The lowest BCUT2D eigenvalue weighted by atomic mass is 9.98. The van der Waals surface area contributed by atoms with Crippen LogP contribution in [0.5, 0.6) is 0 Å². The van der Waals surface area contributed by atoms with E-state index in [1.54, 1.807) is 35.2 Å². The van der Waals surface area contributed by atoms with Crippen LogP contribution in [0.2, 0.25) is 5.02 Å².